The van der Waals surface area contributed by atoms with Gasteiger partial charge in [-0.05, 0) is 35.9 Å². The highest BCUT2D eigenvalue weighted by Gasteiger charge is 2.37. The summed E-state index contributed by atoms with van der Waals surface area (Å²) in [6, 6.07) is 2.92. The van der Waals surface area contributed by atoms with Crippen molar-refractivity contribution in [3.63, 3.8) is 0 Å². The molecule has 1 aromatic heterocycles. The van der Waals surface area contributed by atoms with Gasteiger partial charge in [-0.2, -0.15) is 31.3 Å². The summed E-state index contributed by atoms with van der Waals surface area (Å²) in [5, 5.41) is 9.21. The van der Waals surface area contributed by atoms with Gasteiger partial charge < -0.3 is 16.6 Å². The highest BCUT2D eigenvalue weighted by molar-refractivity contribution is 6.10. The molecule has 0 aliphatic carbocycles. The average Bonchev–Trinajstić information content (AvgIpc) is 2.58. The molecule has 3 rings (SSSR count). The number of halogens is 6. The molecule has 29 heavy (non-hydrogen) atoms. The summed E-state index contributed by atoms with van der Waals surface area (Å²) in [5.41, 5.74) is 6.23. The summed E-state index contributed by atoms with van der Waals surface area (Å²) < 4.78 is 79.2. The number of nitrogens with zero attached hydrogens (tertiary/aromatic N) is 2. The van der Waals surface area contributed by atoms with E-state index in [-0.39, 0.29) is 22.9 Å². The van der Waals surface area contributed by atoms with Gasteiger partial charge in [0.2, 0.25) is 5.95 Å². The molecule has 0 spiro atoms. The van der Waals surface area contributed by atoms with E-state index in [0.717, 1.165) is 6.07 Å². The normalized spacial score (nSPS) is 12.3. The third-order valence-corrected chi connectivity index (χ3v) is 4.02. The summed E-state index contributed by atoms with van der Waals surface area (Å²) in [4.78, 5) is 19.1. The largest absolute Gasteiger partial charge is 0.478 e. The summed E-state index contributed by atoms with van der Waals surface area (Å²) in [5.74, 6) is -2.29. The van der Waals surface area contributed by atoms with Crippen LogP contribution in [0.15, 0.2) is 30.3 Å². The molecule has 0 radical (unpaired) electrons. The lowest BCUT2D eigenvalue weighted by atomic mass is 9.92. The van der Waals surface area contributed by atoms with Crippen LogP contribution in [0.3, 0.4) is 0 Å². The fraction of sp³-hybridized carbons (Fsp3) is 0.118. The molecule has 0 bridgehead atoms. The van der Waals surface area contributed by atoms with Gasteiger partial charge in [0.25, 0.3) is 0 Å². The van der Waals surface area contributed by atoms with Crippen molar-refractivity contribution in [3.05, 3.63) is 47.0 Å². The number of anilines is 2. The van der Waals surface area contributed by atoms with Gasteiger partial charge >= 0.3 is 18.3 Å². The van der Waals surface area contributed by atoms with Crippen LogP contribution in [0.1, 0.15) is 21.5 Å². The molecular formula is C17H10F6N4O2. The smallest absolute Gasteiger partial charge is 0.416 e. The summed E-state index contributed by atoms with van der Waals surface area (Å²) in [7, 11) is 0. The second-order valence-corrected chi connectivity index (χ2v) is 5.95. The number of hydrogen-bond donors (Lipinski definition) is 3. The van der Waals surface area contributed by atoms with Gasteiger partial charge in [0.1, 0.15) is 5.82 Å². The molecule has 0 atom stereocenters. The number of nitrogens with two attached hydrogens (primary N) is 2. The molecule has 0 amide bonds. The first-order valence-corrected chi connectivity index (χ1v) is 7.68. The fourth-order valence-corrected chi connectivity index (χ4v) is 2.85. The number of carbonyl (C=O) groups is 1. The maximum Gasteiger partial charge on any atom is 0.416 e. The number of aromatic carboxylic acids is 1. The Labute approximate surface area is 157 Å². The van der Waals surface area contributed by atoms with E-state index in [1.54, 1.807) is 0 Å². The molecule has 1 heterocycles. The van der Waals surface area contributed by atoms with E-state index in [4.69, 9.17) is 11.5 Å². The van der Waals surface area contributed by atoms with Gasteiger partial charge in [-0.15, -0.1) is 0 Å². The van der Waals surface area contributed by atoms with E-state index < -0.39 is 52.0 Å². The van der Waals surface area contributed by atoms with Gasteiger partial charge in [-0.3, -0.25) is 0 Å². The zero-order valence-electron chi connectivity index (χ0n) is 14.1. The third-order valence-electron chi connectivity index (χ3n) is 4.02. The van der Waals surface area contributed by atoms with Crippen LogP contribution in [-0.2, 0) is 12.4 Å². The quantitative estimate of drug-likeness (QED) is 0.540. The molecule has 6 nitrogen and oxygen atoms in total. The van der Waals surface area contributed by atoms with E-state index in [0.29, 0.717) is 12.1 Å². The van der Waals surface area contributed by atoms with Crippen molar-refractivity contribution >= 4 is 28.6 Å². The molecule has 0 unspecified atom stereocenters. The third kappa shape index (κ3) is 3.73. The number of alkyl halides is 6. The number of benzene rings is 2. The van der Waals surface area contributed by atoms with Gasteiger partial charge in [-0.25, -0.2) is 9.78 Å². The Bertz CT molecular complexity index is 1110. The van der Waals surface area contributed by atoms with Crippen molar-refractivity contribution in [3.8, 4) is 11.1 Å². The van der Waals surface area contributed by atoms with Crippen LogP contribution in [0, 0.1) is 0 Å². The number of carboxylic acid groups (broad SMARTS) is 1. The number of nitrogen functional groups attached to an aromatic ring is 2. The zero-order valence-corrected chi connectivity index (χ0v) is 14.1. The first-order valence-electron chi connectivity index (χ1n) is 7.68. The Morgan fingerprint density at radius 1 is 0.897 bits per heavy atom. The van der Waals surface area contributed by atoms with E-state index in [2.05, 4.69) is 9.97 Å². The van der Waals surface area contributed by atoms with Gasteiger partial charge in [0.05, 0.1) is 27.6 Å². The molecule has 5 N–H and O–H groups in total. The lowest BCUT2D eigenvalue weighted by Gasteiger charge is -2.17. The van der Waals surface area contributed by atoms with Crippen molar-refractivity contribution < 1.29 is 36.2 Å². The Kier molecular flexibility index (Phi) is 4.52. The van der Waals surface area contributed by atoms with Crippen molar-refractivity contribution in [2.24, 2.45) is 0 Å². The first kappa shape index (κ1) is 20.2. The van der Waals surface area contributed by atoms with E-state index in [1.807, 2.05) is 0 Å². The Morgan fingerprint density at radius 3 is 1.93 bits per heavy atom. The van der Waals surface area contributed by atoms with Gasteiger partial charge in [0, 0.05) is 5.56 Å². The molecule has 0 saturated carbocycles. The molecule has 3 aromatic rings. The summed E-state index contributed by atoms with van der Waals surface area (Å²) in [6.07, 6.45) is -10.2. The minimum atomic E-state index is -5.11. The van der Waals surface area contributed by atoms with Gasteiger partial charge in [-0.1, -0.05) is 0 Å². The van der Waals surface area contributed by atoms with Crippen LogP contribution >= 0.6 is 0 Å². The predicted octanol–water partition coefficient (Wildman–Crippen LogP) is 4.20. The highest BCUT2D eigenvalue weighted by atomic mass is 19.4. The topological polar surface area (TPSA) is 115 Å². The fourth-order valence-electron chi connectivity index (χ4n) is 2.85. The number of rotatable bonds is 2. The molecule has 12 heteroatoms. The highest BCUT2D eigenvalue weighted by Crippen LogP contribution is 2.42. The minimum absolute atomic E-state index is 0.0408. The molecule has 2 aromatic carbocycles. The summed E-state index contributed by atoms with van der Waals surface area (Å²) in [6.45, 7) is 0. The number of fused-ring (bicyclic) bond motifs is 1. The Hall–Kier alpha value is -3.57. The molecular weight excluding hydrogens is 406 g/mol. The second kappa shape index (κ2) is 6.50. The van der Waals surface area contributed by atoms with Crippen molar-refractivity contribution in [2.75, 3.05) is 11.5 Å². The van der Waals surface area contributed by atoms with E-state index in [9.17, 15) is 36.2 Å². The van der Waals surface area contributed by atoms with Crippen molar-refractivity contribution in [2.45, 2.75) is 12.4 Å². The van der Waals surface area contributed by atoms with Crippen LogP contribution in [0.5, 0.6) is 0 Å². The lowest BCUT2D eigenvalue weighted by molar-refractivity contribution is -0.143. The van der Waals surface area contributed by atoms with Crippen LogP contribution in [0.4, 0.5) is 38.1 Å². The van der Waals surface area contributed by atoms with E-state index in [1.165, 1.54) is 6.07 Å². The first-order chi connectivity index (χ1) is 13.3. The lowest BCUT2D eigenvalue weighted by Crippen LogP contribution is -2.12. The van der Waals surface area contributed by atoms with Crippen LogP contribution < -0.4 is 11.5 Å². The number of hydrogen-bond acceptors (Lipinski definition) is 5. The van der Waals surface area contributed by atoms with Crippen LogP contribution in [0.2, 0.25) is 0 Å². The summed E-state index contributed by atoms with van der Waals surface area (Å²) >= 11 is 0. The minimum Gasteiger partial charge on any atom is -0.478 e. The number of aromatic nitrogens is 2. The van der Waals surface area contributed by atoms with E-state index >= 15 is 0 Å². The molecule has 0 aliphatic heterocycles. The monoisotopic (exact) mass is 416 g/mol. The maximum atomic E-state index is 13.2. The van der Waals surface area contributed by atoms with Crippen LogP contribution in [-0.4, -0.2) is 21.0 Å². The predicted molar refractivity (Wildman–Crippen MR) is 90.8 cm³/mol. The maximum absolute atomic E-state index is 13.2. The second-order valence-electron chi connectivity index (χ2n) is 5.95. The SMILES string of the molecule is Nc1nc(N)c2c(-c3cc(C(F)(F)F)cc(C(F)(F)F)c3)c(C(=O)O)ccc2n1. The zero-order chi connectivity index (χ0) is 21.7. The standard InChI is InChI=1S/C17H10F6N4O2/c18-16(19,20)7-3-6(4-8(5-7)17(21,22)23)11-9(14(28)29)1-2-10-12(11)13(24)27-15(25)26-10/h1-5H,(H,28,29)(H4,24,25,26,27). The number of carboxylic acids is 1. The van der Waals surface area contributed by atoms with Crippen molar-refractivity contribution in [1.29, 1.82) is 0 Å². The Balaban J connectivity index is 2.50. The molecule has 0 aliphatic rings. The molecule has 0 fully saturated rings. The average molecular weight is 416 g/mol. The van der Waals surface area contributed by atoms with Gasteiger partial charge in [0.15, 0.2) is 0 Å². The molecule has 152 valence electrons. The van der Waals surface area contributed by atoms with Crippen LogP contribution in [0.25, 0.3) is 22.0 Å². The molecule has 0 saturated heterocycles. The Morgan fingerprint density at radius 2 is 1.45 bits per heavy atom. The van der Waals surface area contributed by atoms with Crippen molar-refractivity contribution in [1.82, 2.24) is 9.97 Å².